The topological polar surface area (TPSA) is 118 Å². The second-order valence-electron chi connectivity index (χ2n) is 5.70. The van der Waals surface area contributed by atoms with E-state index in [0.717, 1.165) is 11.8 Å². The molecule has 1 aromatic heterocycles. The Labute approximate surface area is 153 Å². The summed E-state index contributed by atoms with van der Waals surface area (Å²) in [7, 11) is 0. The summed E-state index contributed by atoms with van der Waals surface area (Å²) in [5.41, 5.74) is 12.3. The number of nitrogens with zero attached hydrogens (tertiary/aromatic N) is 2. The van der Waals surface area contributed by atoms with Crippen molar-refractivity contribution in [2.75, 3.05) is 17.6 Å². The van der Waals surface area contributed by atoms with E-state index in [2.05, 4.69) is 20.6 Å². The number of hydrogen-bond donors (Lipinski definition) is 4. The van der Waals surface area contributed by atoms with E-state index in [0.29, 0.717) is 0 Å². The fourth-order valence-electron chi connectivity index (χ4n) is 2.19. The summed E-state index contributed by atoms with van der Waals surface area (Å²) in [4.78, 5) is 19.2. The molecular formula is C17H19F3N6O. The van der Waals surface area contributed by atoms with E-state index in [1.54, 1.807) is 0 Å². The predicted molar refractivity (Wildman–Crippen MR) is 97.3 cm³/mol. The third-order valence-corrected chi connectivity index (χ3v) is 3.53. The molecule has 1 unspecified atom stereocenters. The van der Waals surface area contributed by atoms with Crippen LogP contribution >= 0.6 is 0 Å². The summed E-state index contributed by atoms with van der Waals surface area (Å²) in [5, 5.41) is 5.24. The number of nitrogens with one attached hydrogen (secondary N) is 2. The zero-order chi connectivity index (χ0) is 20.0. The van der Waals surface area contributed by atoms with Crippen molar-refractivity contribution in [3.63, 3.8) is 0 Å². The van der Waals surface area contributed by atoms with Crippen molar-refractivity contribution in [3.05, 3.63) is 53.7 Å². The number of urea groups is 1. The number of aromatic nitrogens is 1. The van der Waals surface area contributed by atoms with E-state index in [9.17, 15) is 18.0 Å². The van der Waals surface area contributed by atoms with Gasteiger partial charge in [-0.2, -0.15) is 13.2 Å². The quantitative estimate of drug-likeness (QED) is 0.471. The van der Waals surface area contributed by atoms with Crippen LogP contribution in [0.4, 0.5) is 29.5 Å². The molecule has 2 amide bonds. The molecule has 0 bridgehead atoms. The lowest BCUT2D eigenvalue weighted by Crippen LogP contribution is -2.31. The summed E-state index contributed by atoms with van der Waals surface area (Å²) >= 11 is 0. The maximum atomic E-state index is 12.2. The number of aliphatic imine (C=N–C) groups is 1. The van der Waals surface area contributed by atoms with Crippen LogP contribution in [0.2, 0.25) is 0 Å². The van der Waals surface area contributed by atoms with Crippen LogP contribution in [0.1, 0.15) is 24.1 Å². The first kappa shape index (κ1) is 20.0. The van der Waals surface area contributed by atoms with E-state index in [4.69, 9.17) is 11.5 Å². The highest BCUT2D eigenvalue weighted by Crippen LogP contribution is 2.18. The largest absolute Gasteiger partial charge is 0.408 e. The highest BCUT2D eigenvalue weighted by Gasteiger charge is 2.26. The molecule has 0 radical (unpaired) electrons. The van der Waals surface area contributed by atoms with E-state index in [1.807, 2.05) is 37.3 Å². The number of alkyl halides is 3. The number of benzene rings is 1. The number of pyridine rings is 1. The monoisotopic (exact) mass is 380 g/mol. The van der Waals surface area contributed by atoms with Crippen LogP contribution < -0.4 is 22.1 Å². The van der Waals surface area contributed by atoms with E-state index < -0.39 is 18.8 Å². The van der Waals surface area contributed by atoms with Crippen molar-refractivity contribution in [2.45, 2.75) is 19.1 Å². The smallest absolute Gasteiger partial charge is 0.398 e. The van der Waals surface area contributed by atoms with Crippen molar-refractivity contribution >= 4 is 23.4 Å². The molecule has 7 nitrogen and oxygen atoms in total. The van der Waals surface area contributed by atoms with Crippen LogP contribution in [-0.2, 0) is 0 Å². The van der Waals surface area contributed by atoms with Gasteiger partial charge in [0.25, 0.3) is 0 Å². The minimum atomic E-state index is -4.47. The fraction of sp³-hybridized carbons (Fsp3) is 0.235. The van der Waals surface area contributed by atoms with E-state index >= 15 is 0 Å². The molecule has 144 valence electrons. The first-order valence-corrected chi connectivity index (χ1v) is 7.91. The van der Waals surface area contributed by atoms with Gasteiger partial charge in [0, 0.05) is 18.0 Å². The number of rotatable bonds is 5. The molecule has 0 saturated heterocycles. The number of nitrogens with two attached hydrogens (primary N) is 2. The molecule has 0 aliphatic heterocycles. The lowest BCUT2D eigenvalue weighted by atomic mass is 10.1. The van der Waals surface area contributed by atoms with Gasteiger partial charge in [0.2, 0.25) is 0 Å². The standard InChI is InChI=1S/C17H19F3N6O/c1-10(11-5-3-2-4-6-11)25-16(27)26-14-7-13(21)12(8-23-14)15(22)24-9-17(18,19)20/h2-8,10H,9H2,1H3,(H2,22,24)(H4,21,23,25,26,27). The van der Waals surface area contributed by atoms with Crippen molar-refractivity contribution < 1.29 is 18.0 Å². The van der Waals surface area contributed by atoms with Crippen molar-refractivity contribution in [1.29, 1.82) is 0 Å². The van der Waals surface area contributed by atoms with E-state index in [-0.39, 0.29) is 28.9 Å². The number of anilines is 2. The first-order valence-electron chi connectivity index (χ1n) is 7.91. The molecule has 1 heterocycles. The van der Waals surface area contributed by atoms with Crippen LogP contribution in [0.3, 0.4) is 0 Å². The lowest BCUT2D eigenvalue weighted by molar-refractivity contribution is -0.118. The molecule has 1 atom stereocenters. The summed E-state index contributed by atoms with van der Waals surface area (Å²) in [6.07, 6.45) is -3.32. The van der Waals surface area contributed by atoms with Gasteiger partial charge in [0.15, 0.2) is 0 Å². The molecule has 0 fully saturated rings. The Morgan fingerprint density at radius 3 is 2.56 bits per heavy atom. The van der Waals surface area contributed by atoms with Gasteiger partial charge >= 0.3 is 12.2 Å². The van der Waals surface area contributed by atoms with Gasteiger partial charge in [-0.15, -0.1) is 0 Å². The Hall–Kier alpha value is -3.30. The second-order valence-corrected chi connectivity index (χ2v) is 5.70. The number of hydrogen-bond acceptors (Lipinski definition) is 4. The Kier molecular flexibility index (Phi) is 6.22. The second kappa shape index (κ2) is 8.39. The molecule has 0 aliphatic carbocycles. The molecule has 1 aromatic carbocycles. The molecule has 10 heteroatoms. The van der Waals surface area contributed by atoms with Crippen LogP contribution in [0.25, 0.3) is 0 Å². The maximum Gasteiger partial charge on any atom is 0.408 e. The maximum absolute atomic E-state index is 12.2. The van der Waals surface area contributed by atoms with Gasteiger partial charge < -0.3 is 16.8 Å². The van der Waals surface area contributed by atoms with Crippen molar-refractivity contribution in [1.82, 2.24) is 10.3 Å². The number of nitrogen functional groups attached to an aromatic ring is 1. The Morgan fingerprint density at radius 1 is 1.30 bits per heavy atom. The minimum Gasteiger partial charge on any atom is -0.398 e. The van der Waals surface area contributed by atoms with Gasteiger partial charge in [-0.1, -0.05) is 30.3 Å². The summed E-state index contributed by atoms with van der Waals surface area (Å²) in [6, 6.07) is 9.87. The molecule has 2 rings (SSSR count). The van der Waals surface area contributed by atoms with Crippen LogP contribution in [-0.4, -0.2) is 29.6 Å². The summed E-state index contributed by atoms with van der Waals surface area (Å²) in [5.74, 6) is -0.261. The fourth-order valence-corrected chi connectivity index (χ4v) is 2.19. The van der Waals surface area contributed by atoms with Crippen molar-refractivity contribution in [2.24, 2.45) is 10.7 Å². The zero-order valence-electron chi connectivity index (χ0n) is 14.4. The highest BCUT2D eigenvalue weighted by molar-refractivity contribution is 6.02. The van der Waals surface area contributed by atoms with Crippen molar-refractivity contribution in [3.8, 4) is 0 Å². The van der Waals surface area contributed by atoms with E-state index in [1.165, 1.54) is 6.07 Å². The molecular weight excluding hydrogens is 361 g/mol. The average Bonchev–Trinajstić information content (AvgIpc) is 2.60. The number of halogens is 3. The molecule has 0 saturated carbocycles. The zero-order valence-corrected chi connectivity index (χ0v) is 14.4. The summed E-state index contributed by atoms with van der Waals surface area (Å²) in [6.45, 7) is 0.398. The Morgan fingerprint density at radius 2 is 1.96 bits per heavy atom. The lowest BCUT2D eigenvalue weighted by Gasteiger charge is -2.15. The number of carbonyl (C=O) groups is 1. The molecule has 2 aromatic rings. The number of carbonyl (C=O) groups excluding carboxylic acids is 1. The first-order chi connectivity index (χ1) is 12.7. The Balaban J connectivity index is 2.01. The van der Waals surface area contributed by atoms with Crippen LogP contribution in [0.5, 0.6) is 0 Å². The van der Waals surface area contributed by atoms with Gasteiger partial charge in [-0.3, -0.25) is 10.3 Å². The number of amidine groups is 1. The third kappa shape index (κ3) is 6.17. The van der Waals surface area contributed by atoms with Crippen LogP contribution in [0, 0.1) is 0 Å². The number of amides is 2. The van der Waals surface area contributed by atoms with Gasteiger partial charge in [-0.05, 0) is 12.5 Å². The Bertz CT molecular complexity index is 823. The third-order valence-electron chi connectivity index (χ3n) is 3.53. The van der Waals surface area contributed by atoms with Gasteiger partial charge in [0.05, 0.1) is 11.6 Å². The highest BCUT2D eigenvalue weighted by atomic mass is 19.4. The normalized spacial score (nSPS) is 13.1. The minimum absolute atomic E-state index is 0.0415. The molecule has 6 N–H and O–H groups in total. The molecule has 0 aliphatic rings. The molecule has 27 heavy (non-hydrogen) atoms. The van der Waals surface area contributed by atoms with Crippen LogP contribution in [0.15, 0.2) is 47.6 Å². The van der Waals surface area contributed by atoms with Gasteiger partial charge in [0.1, 0.15) is 18.2 Å². The van der Waals surface area contributed by atoms with Gasteiger partial charge in [-0.25, -0.2) is 9.78 Å². The molecule has 0 spiro atoms. The SMILES string of the molecule is CC(NC(=O)Nc1cc(N)c(C(N)=NCC(F)(F)F)cn1)c1ccccc1. The summed E-state index contributed by atoms with van der Waals surface area (Å²) < 4.78 is 36.6. The average molecular weight is 380 g/mol. The predicted octanol–water partition coefficient (Wildman–Crippen LogP) is 2.81.